The third-order valence-corrected chi connectivity index (χ3v) is 2.61. The van der Waals surface area contributed by atoms with Crippen molar-refractivity contribution in [1.29, 1.82) is 0 Å². The molecule has 0 aliphatic carbocycles. The number of hydrogen-bond donors (Lipinski definition) is 2. The molecule has 1 aromatic rings. The van der Waals surface area contributed by atoms with E-state index in [0.29, 0.717) is 6.04 Å². The van der Waals surface area contributed by atoms with Gasteiger partial charge in [-0.1, -0.05) is 0 Å². The third-order valence-electron chi connectivity index (χ3n) is 2.61. The summed E-state index contributed by atoms with van der Waals surface area (Å²) >= 11 is 0. The zero-order valence-corrected chi connectivity index (χ0v) is 11.7. The number of benzene rings is 1. The van der Waals surface area contributed by atoms with E-state index in [1.807, 2.05) is 24.3 Å². The van der Waals surface area contributed by atoms with E-state index < -0.39 is 0 Å². The molecular weight excluding hydrogens is 244 g/mol. The van der Waals surface area contributed by atoms with Crippen LogP contribution in [0.4, 0.5) is 11.4 Å². The summed E-state index contributed by atoms with van der Waals surface area (Å²) in [5.41, 5.74) is 1.78. The SMILES string of the molecule is COCCC(C)Nc1ccc(NC(=O)COC)cc1. The fourth-order valence-electron chi connectivity index (χ4n) is 1.63. The Morgan fingerprint density at radius 3 is 2.37 bits per heavy atom. The van der Waals surface area contributed by atoms with Crippen molar-refractivity contribution >= 4 is 17.3 Å². The van der Waals surface area contributed by atoms with E-state index in [1.54, 1.807) is 7.11 Å². The largest absolute Gasteiger partial charge is 0.385 e. The molecule has 0 aromatic heterocycles. The lowest BCUT2D eigenvalue weighted by Gasteiger charge is -2.15. The monoisotopic (exact) mass is 266 g/mol. The molecule has 5 nitrogen and oxygen atoms in total. The van der Waals surface area contributed by atoms with Gasteiger partial charge in [-0.25, -0.2) is 0 Å². The zero-order valence-electron chi connectivity index (χ0n) is 11.7. The number of amides is 1. The van der Waals surface area contributed by atoms with E-state index in [2.05, 4.69) is 17.6 Å². The Kier molecular flexibility index (Phi) is 6.92. The molecule has 5 heteroatoms. The molecule has 0 fully saturated rings. The molecule has 19 heavy (non-hydrogen) atoms. The molecule has 0 radical (unpaired) electrons. The van der Waals surface area contributed by atoms with Crippen molar-refractivity contribution in [3.63, 3.8) is 0 Å². The van der Waals surface area contributed by atoms with Crippen molar-refractivity contribution in [1.82, 2.24) is 0 Å². The lowest BCUT2D eigenvalue weighted by atomic mass is 10.2. The summed E-state index contributed by atoms with van der Waals surface area (Å²) in [7, 11) is 3.19. The topological polar surface area (TPSA) is 59.6 Å². The van der Waals surface area contributed by atoms with Crippen LogP contribution in [0.5, 0.6) is 0 Å². The van der Waals surface area contributed by atoms with Crippen molar-refractivity contribution in [3.8, 4) is 0 Å². The first-order valence-corrected chi connectivity index (χ1v) is 6.30. The molecule has 0 saturated carbocycles. The third kappa shape index (κ3) is 6.22. The molecule has 0 saturated heterocycles. The number of rotatable bonds is 8. The summed E-state index contributed by atoms with van der Waals surface area (Å²) in [4.78, 5) is 11.3. The fourth-order valence-corrected chi connectivity index (χ4v) is 1.63. The number of nitrogens with one attached hydrogen (secondary N) is 2. The molecule has 1 unspecified atom stereocenters. The Bertz CT molecular complexity index is 379. The molecule has 1 aromatic carbocycles. The van der Waals surface area contributed by atoms with Crippen LogP contribution in [0.2, 0.25) is 0 Å². The lowest BCUT2D eigenvalue weighted by Crippen LogP contribution is -2.18. The second-order valence-electron chi connectivity index (χ2n) is 4.39. The lowest BCUT2D eigenvalue weighted by molar-refractivity contribution is -0.119. The Labute approximate surface area is 114 Å². The van der Waals surface area contributed by atoms with E-state index in [4.69, 9.17) is 9.47 Å². The van der Waals surface area contributed by atoms with E-state index in [0.717, 1.165) is 24.4 Å². The van der Waals surface area contributed by atoms with Crippen LogP contribution in [0.3, 0.4) is 0 Å². The molecule has 2 N–H and O–H groups in total. The summed E-state index contributed by atoms with van der Waals surface area (Å²) in [6.45, 7) is 2.90. The predicted octanol–water partition coefficient (Wildman–Crippen LogP) is 2.11. The van der Waals surface area contributed by atoms with Gasteiger partial charge in [0.1, 0.15) is 6.61 Å². The van der Waals surface area contributed by atoms with Gasteiger partial charge in [-0.3, -0.25) is 4.79 Å². The molecule has 1 amide bonds. The molecule has 106 valence electrons. The van der Waals surface area contributed by atoms with Crippen LogP contribution in [0, 0.1) is 0 Å². The van der Waals surface area contributed by atoms with Crippen molar-refractivity contribution < 1.29 is 14.3 Å². The smallest absolute Gasteiger partial charge is 0.250 e. The molecule has 0 aliphatic rings. The number of carbonyl (C=O) groups excluding carboxylic acids is 1. The molecule has 1 rings (SSSR count). The van der Waals surface area contributed by atoms with Gasteiger partial charge in [0, 0.05) is 38.2 Å². The van der Waals surface area contributed by atoms with Crippen LogP contribution < -0.4 is 10.6 Å². The fraction of sp³-hybridized carbons (Fsp3) is 0.500. The van der Waals surface area contributed by atoms with E-state index in [-0.39, 0.29) is 12.5 Å². The van der Waals surface area contributed by atoms with Crippen LogP contribution in [-0.4, -0.2) is 39.4 Å². The van der Waals surface area contributed by atoms with Gasteiger partial charge in [0.05, 0.1) is 0 Å². The highest BCUT2D eigenvalue weighted by Gasteiger charge is 2.03. The number of carbonyl (C=O) groups is 1. The van der Waals surface area contributed by atoms with Crippen LogP contribution in [0.25, 0.3) is 0 Å². The van der Waals surface area contributed by atoms with Gasteiger partial charge in [-0.15, -0.1) is 0 Å². The maximum atomic E-state index is 11.3. The number of hydrogen-bond acceptors (Lipinski definition) is 4. The zero-order chi connectivity index (χ0) is 14.1. The highest BCUT2D eigenvalue weighted by atomic mass is 16.5. The highest BCUT2D eigenvalue weighted by molar-refractivity contribution is 5.91. The first-order valence-electron chi connectivity index (χ1n) is 6.30. The molecule has 0 bridgehead atoms. The highest BCUT2D eigenvalue weighted by Crippen LogP contribution is 2.15. The summed E-state index contributed by atoms with van der Waals surface area (Å²) in [6.07, 6.45) is 0.947. The van der Waals surface area contributed by atoms with Crippen molar-refractivity contribution in [2.45, 2.75) is 19.4 Å². The summed E-state index contributed by atoms with van der Waals surface area (Å²) in [5, 5.41) is 6.11. The Morgan fingerprint density at radius 2 is 1.79 bits per heavy atom. The van der Waals surface area contributed by atoms with Gasteiger partial charge >= 0.3 is 0 Å². The molecule has 0 heterocycles. The molecule has 0 aliphatic heterocycles. The second kappa shape index (κ2) is 8.50. The van der Waals surface area contributed by atoms with Gasteiger partial charge in [-0.2, -0.15) is 0 Å². The normalized spacial score (nSPS) is 11.9. The van der Waals surface area contributed by atoms with Crippen molar-refractivity contribution in [2.75, 3.05) is 38.1 Å². The van der Waals surface area contributed by atoms with Crippen molar-refractivity contribution in [2.24, 2.45) is 0 Å². The van der Waals surface area contributed by atoms with Gasteiger partial charge in [0.25, 0.3) is 0 Å². The first-order chi connectivity index (χ1) is 9.15. The standard InChI is InChI=1S/C14H22N2O3/c1-11(8-9-18-2)15-12-4-6-13(7-5-12)16-14(17)10-19-3/h4-7,11,15H,8-10H2,1-3H3,(H,16,17). The molecular formula is C14H22N2O3. The number of ether oxygens (including phenoxy) is 2. The molecule has 1 atom stereocenters. The predicted molar refractivity (Wildman–Crippen MR) is 76.5 cm³/mol. The number of methoxy groups -OCH3 is 2. The van der Waals surface area contributed by atoms with Crippen LogP contribution in [0.15, 0.2) is 24.3 Å². The second-order valence-corrected chi connectivity index (χ2v) is 4.39. The van der Waals surface area contributed by atoms with Crippen molar-refractivity contribution in [3.05, 3.63) is 24.3 Å². The number of anilines is 2. The van der Waals surface area contributed by atoms with Gasteiger partial charge in [-0.05, 0) is 37.6 Å². The van der Waals surface area contributed by atoms with E-state index in [9.17, 15) is 4.79 Å². The van der Waals surface area contributed by atoms with Crippen LogP contribution in [0.1, 0.15) is 13.3 Å². The maximum absolute atomic E-state index is 11.3. The summed E-state index contributed by atoms with van der Waals surface area (Å²) < 4.78 is 9.79. The summed E-state index contributed by atoms with van der Waals surface area (Å²) in [5.74, 6) is -0.156. The minimum Gasteiger partial charge on any atom is -0.385 e. The Hall–Kier alpha value is -1.59. The van der Waals surface area contributed by atoms with E-state index in [1.165, 1.54) is 7.11 Å². The average Bonchev–Trinajstić information content (AvgIpc) is 2.39. The minimum atomic E-state index is -0.156. The maximum Gasteiger partial charge on any atom is 0.250 e. The minimum absolute atomic E-state index is 0.0635. The van der Waals surface area contributed by atoms with Gasteiger partial charge in [0.2, 0.25) is 5.91 Å². The van der Waals surface area contributed by atoms with Crippen LogP contribution >= 0.6 is 0 Å². The average molecular weight is 266 g/mol. The Balaban J connectivity index is 2.45. The molecule has 0 spiro atoms. The van der Waals surface area contributed by atoms with Gasteiger partial charge in [0.15, 0.2) is 0 Å². The Morgan fingerprint density at radius 1 is 1.16 bits per heavy atom. The quantitative estimate of drug-likeness (QED) is 0.756. The van der Waals surface area contributed by atoms with Crippen LogP contribution in [-0.2, 0) is 14.3 Å². The van der Waals surface area contributed by atoms with Gasteiger partial charge < -0.3 is 20.1 Å². The first kappa shape index (κ1) is 15.5. The summed E-state index contributed by atoms with van der Waals surface area (Å²) in [6, 6.07) is 7.93. The van der Waals surface area contributed by atoms with E-state index >= 15 is 0 Å².